The Morgan fingerprint density at radius 1 is 1.31 bits per heavy atom. The third-order valence-corrected chi connectivity index (χ3v) is 4.16. The first-order valence-electron chi connectivity index (χ1n) is 7.31. The first-order chi connectivity index (χ1) is 12.6. The number of imidazole rings is 1. The predicted molar refractivity (Wildman–Crippen MR) is 91.5 cm³/mol. The lowest BCUT2D eigenvalue weighted by molar-refractivity contribution is -0.119. The second-order valence-corrected chi connectivity index (χ2v) is 5.94. The van der Waals surface area contributed by atoms with Gasteiger partial charge < -0.3 is 10.1 Å². The van der Waals surface area contributed by atoms with E-state index in [0.717, 1.165) is 0 Å². The quantitative estimate of drug-likeness (QED) is 0.697. The van der Waals surface area contributed by atoms with Gasteiger partial charge >= 0.3 is 5.97 Å². The smallest absolute Gasteiger partial charge is 0.357 e. The van der Waals surface area contributed by atoms with E-state index in [1.807, 2.05) is 6.07 Å². The third-order valence-electron chi connectivity index (χ3n) is 3.33. The van der Waals surface area contributed by atoms with E-state index in [4.69, 9.17) is 10.00 Å². The first-order valence-corrected chi connectivity index (χ1v) is 8.19. The van der Waals surface area contributed by atoms with E-state index in [-0.39, 0.29) is 5.69 Å². The van der Waals surface area contributed by atoms with E-state index >= 15 is 0 Å². The number of nitrogens with zero attached hydrogens (tertiary/aromatic N) is 3. The predicted octanol–water partition coefficient (Wildman–Crippen LogP) is 2.74. The number of nitrogens with one attached hydrogen (secondary N) is 1. The minimum Gasteiger partial charge on any atom is -0.451 e. The molecule has 0 aliphatic carbocycles. The zero-order valence-electron chi connectivity index (χ0n) is 13.2. The molecule has 0 saturated heterocycles. The Bertz CT molecular complexity index is 988. The molecule has 2 aromatic heterocycles. The lowest BCUT2D eigenvalue weighted by Gasteiger charge is -2.08. The number of esters is 1. The summed E-state index contributed by atoms with van der Waals surface area (Å²) in [4.78, 5) is 28.0. The summed E-state index contributed by atoms with van der Waals surface area (Å²) in [6, 6.07) is 9.01. The molecule has 0 aliphatic heterocycles. The molecule has 0 aliphatic rings. The monoisotopic (exact) mass is 370 g/mol. The van der Waals surface area contributed by atoms with Crippen LogP contribution in [-0.2, 0) is 9.53 Å². The summed E-state index contributed by atoms with van der Waals surface area (Å²) in [5.74, 6) is -1.72. The minimum absolute atomic E-state index is 0.0956. The molecule has 26 heavy (non-hydrogen) atoms. The van der Waals surface area contributed by atoms with Crippen molar-refractivity contribution in [3.8, 4) is 11.8 Å². The fraction of sp³-hybridized carbons (Fsp3) is 0.0588. The lowest BCUT2D eigenvalue weighted by Crippen LogP contribution is -2.21. The van der Waals surface area contributed by atoms with Crippen molar-refractivity contribution in [1.29, 1.82) is 5.26 Å². The number of halogens is 1. The second kappa shape index (κ2) is 7.58. The SMILES string of the molecule is N#Cc1ccsc1NC(=O)COC(=O)c1cncn1-c1ccc(F)cc1. The van der Waals surface area contributed by atoms with Gasteiger partial charge in [-0.05, 0) is 35.7 Å². The summed E-state index contributed by atoms with van der Waals surface area (Å²) in [6.07, 6.45) is 2.67. The molecular weight excluding hydrogens is 359 g/mol. The van der Waals surface area contributed by atoms with Gasteiger partial charge in [0, 0.05) is 5.69 Å². The lowest BCUT2D eigenvalue weighted by atomic mass is 10.3. The van der Waals surface area contributed by atoms with Gasteiger partial charge in [-0.2, -0.15) is 5.26 Å². The molecule has 0 bridgehead atoms. The number of anilines is 1. The standard InChI is InChI=1S/C17H11FN4O3S/c18-12-1-3-13(4-2-12)22-10-20-8-14(22)17(24)25-9-15(23)21-16-11(7-19)5-6-26-16/h1-6,8,10H,9H2,(H,21,23). The number of rotatable bonds is 5. The summed E-state index contributed by atoms with van der Waals surface area (Å²) in [6.45, 7) is -0.518. The normalized spacial score (nSPS) is 10.2. The van der Waals surface area contributed by atoms with Gasteiger partial charge in [0.15, 0.2) is 12.3 Å². The van der Waals surface area contributed by atoms with Gasteiger partial charge in [-0.15, -0.1) is 11.3 Å². The highest BCUT2D eigenvalue weighted by Crippen LogP contribution is 2.22. The molecule has 0 fully saturated rings. The maximum Gasteiger partial charge on any atom is 0.357 e. The topological polar surface area (TPSA) is 97.0 Å². The van der Waals surface area contributed by atoms with E-state index in [0.29, 0.717) is 16.3 Å². The second-order valence-electron chi connectivity index (χ2n) is 5.02. The molecule has 0 spiro atoms. The van der Waals surface area contributed by atoms with Crippen LogP contribution in [0.15, 0.2) is 48.2 Å². The maximum absolute atomic E-state index is 13.0. The molecule has 1 amide bonds. The van der Waals surface area contributed by atoms with E-state index in [1.54, 1.807) is 11.4 Å². The minimum atomic E-state index is -0.756. The molecule has 7 nitrogen and oxygen atoms in total. The van der Waals surface area contributed by atoms with Crippen molar-refractivity contribution in [3.63, 3.8) is 0 Å². The number of carbonyl (C=O) groups excluding carboxylic acids is 2. The van der Waals surface area contributed by atoms with E-state index in [9.17, 15) is 14.0 Å². The molecule has 1 N–H and O–H groups in total. The number of ether oxygens (including phenoxy) is 1. The van der Waals surface area contributed by atoms with E-state index < -0.39 is 24.3 Å². The summed E-state index contributed by atoms with van der Waals surface area (Å²) in [7, 11) is 0. The van der Waals surface area contributed by atoms with Gasteiger partial charge in [-0.3, -0.25) is 9.36 Å². The number of hydrogen-bond acceptors (Lipinski definition) is 6. The van der Waals surface area contributed by atoms with Gasteiger partial charge in [-0.25, -0.2) is 14.2 Å². The van der Waals surface area contributed by atoms with Crippen molar-refractivity contribution in [2.24, 2.45) is 0 Å². The van der Waals surface area contributed by atoms with Crippen molar-refractivity contribution < 1.29 is 18.7 Å². The Labute approximate surface area is 151 Å². The third kappa shape index (κ3) is 3.76. The number of aromatic nitrogens is 2. The van der Waals surface area contributed by atoms with Gasteiger partial charge in [-0.1, -0.05) is 0 Å². The largest absolute Gasteiger partial charge is 0.451 e. The number of amides is 1. The van der Waals surface area contributed by atoms with Crippen LogP contribution in [0, 0.1) is 17.1 Å². The average Bonchev–Trinajstić information content (AvgIpc) is 3.29. The molecule has 0 saturated carbocycles. The summed E-state index contributed by atoms with van der Waals surface area (Å²) in [5.41, 5.74) is 0.958. The Hall–Kier alpha value is -3.51. The summed E-state index contributed by atoms with van der Waals surface area (Å²) < 4.78 is 19.4. The molecule has 3 rings (SSSR count). The van der Waals surface area contributed by atoms with E-state index in [2.05, 4.69) is 10.3 Å². The highest BCUT2D eigenvalue weighted by molar-refractivity contribution is 7.14. The van der Waals surface area contributed by atoms with Gasteiger partial charge in [0.25, 0.3) is 5.91 Å². The first kappa shape index (κ1) is 17.3. The molecule has 3 aromatic rings. The zero-order valence-corrected chi connectivity index (χ0v) is 14.0. The number of carbonyl (C=O) groups is 2. The van der Waals surface area contributed by atoms with Gasteiger partial charge in [0.05, 0.1) is 18.1 Å². The molecule has 0 radical (unpaired) electrons. The van der Waals surface area contributed by atoms with Crippen LogP contribution in [0.2, 0.25) is 0 Å². The summed E-state index contributed by atoms with van der Waals surface area (Å²) in [5, 5.41) is 13.5. The van der Waals surface area contributed by atoms with Crippen molar-refractivity contribution in [2.75, 3.05) is 11.9 Å². The van der Waals surface area contributed by atoms with E-state index in [1.165, 1.54) is 52.7 Å². The maximum atomic E-state index is 13.0. The van der Waals surface area contributed by atoms with Gasteiger partial charge in [0.1, 0.15) is 16.9 Å². The van der Waals surface area contributed by atoms with Crippen molar-refractivity contribution in [3.05, 3.63) is 65.3 Å². The average molecular weight is 370 g/mol. The van der Waals surface area contributed by atoms with Crippen LogP contribution in [0.25, 0.3) is 5.69 Å². The van der Waals surface area contributed by atoms with Crippen molar-refractivity contribution >= 4 is 28.2 Å². The molecule has 2 heterocycles. The van der Waals surface area contributed by atoms with Crippen LogP contribution in [0.5, 0.6) is 0 Å². The van der Waals surface area contributed by atoms with Crippen LogP contribution < -0.4 is 5.32 Å². The molecular formula is C17H11FN4O3S. The molecule has 130 valence electrons. The van der Waals surface area contributed by atoms with Crippen LogP contribution >= 0.6 is 11.3 Å². The number of hydrogen-bond donors (Lipinski definition) is 1. The zero-order chi connectivity index (χ0) is 18.5. The van der Waals surface area contributed by atoms with Crippen molar-refractivity contribution in [2.45, 2.75) is 0 Å². The fourth-order valence-electron chi connectivity index (χ4n) is 2.12. The Morgan fingerprint density at radius 3 is 2.81 bits per heavy atom. The number of nitriles is 1. The van der Waals surface area contributed by atoms with Gasteiger partial charge in [0.2, 0.25) is 0 Å². The Balaban J connectivity index is 1.64. The molecule has 0 unspecified atom stereocenters. The Kier molecular flexibility index (Phi) is 5.05. The van der Waals surface area contributed by atoms with Crippen LogP contribution in [0.1, 0.15) is 16.1 Å². The fourth-order valence-corrected chi connectivity index (χ4v) is 2.87. The molecule has 9 heteroatoms. The molecule has 0 atom stereocenters. The highest BCUT2D eigenvalue weighted by atomic mass is 32.1. The Morgan fingerprint density at radius 2 is 2.08 bits per heavy atom. The number of benzene rings is 1. The van der Waals surface area contributed by atoms with Crippen LogP contribution in [0.3, 0.4) is 0 Å². The van der Waals surface area contributed by atoms with Crippen LogP contribution in [-0.4, -0.2) is 28.0 Å². The molecule has 1 aromatic carbocycles. The van der Waals surface area contributed by atoms with Crippen molar-refractivity contribution in [1.82, 2.24) is 9.55 Å². The van der Waals surface area contributed by atoms with Crippen LogP contribution in [0.4, 0.5) is 9.39 Å². The highest BCUT2D eigenvalue weighted by Gasteiger charge is 2.17. The number of thiophene rings is 1. The summed E-state index contributed by atoms with van der Waals surface area (Å²) >= 11 is 1.20.